The van der Waals surface area contributed by atoms with Crippen molar-refractivity contribution in [1.29, 1.82) is 0 Å². The van der Waals surface area contributed by atoms with E-state index in [2.05, 4.69) is 19.1 Å². The zero-order valence-electron chi connectivity index (χ0n) is 8.16. The summed E-state index contributed by atoms with van der Waals surface area (Å²) in [6.45, 7) is 2.59. The lowest BCUT2D eigenvalue weighted by atomic mass is 10.1. The third-order valence-corrected chi connectivity index (χ3v) is 2.19. The van der Waals surface area contributed by atoms with E-state index < -0.39 is 0 Å². The number of benzene rings is 1. The van der Waals surface area contributed by atoms with Crippen molar-refractivity contribution in [3.63, 3.8) is 0 Å². The summed E-state index contributed by atoms with van der Waals surface area (Å²) < 4.78 is 5.42. The van der Waals surface area contributed by atoms with Gasteiger partial charge in [-0.05, 0) is 19.1 Å². The highest BCUT2D eigenvalue weighted by atomic mass is 16.3. The van der Waals surface area contributed by atoms with Gasteiger partial charge in [-0.1, -0.05) is 23.8 Å². The van der Waals surface area contributed by atoms with Crippen LogP contribution in [0, 0.1) is 6.92 Å². The molecule has 0 radical (unpaired) electrons. The van der Waals surface area contributed by atoms with Crippen LogP contribution in [0.15, 0.2) is 41.0 Å². The van der Waals surface area contributed by atoms with Gasteiger partial charge in [-0.15, -0.1) is 0 Å². The molecule has 0 bridgehead atoms. The van der Waals surface area contributed by atoms with Crippen molar-refractivity contribution in [2.45, 2.75) is 13.5 Å². The van der Waals surface area contributed by atoms with E-state index in [9.17, 15) is 0 Å². The molecule has 2 rings (SSSR count). The molecular formula is C12H13NO. The Morgan fingerprint density at radius 3 is 2.79 bits per heavy atom. The Kier molecular flexibility index (Phi) is 2.37. The molecule has 0 aliphatic carbocycles. The van der Waals surface area contributed by atoms with Crippen molar-refractivity contribution in [1.82, 2.24) is 0 Å². The van der Waals surface area contributed by atoms with Crippen LogP contribution in [0.2, 0.25) is 0 Å². The zero-order valence-corrected chi connectivity index (χ0v) is 8.16. The smallest absolute Gasteiger partial charge is 0.134 e. The highest BCUT2D eigenvalue weighted by Crippen LogP contribution is 2.22. The van der Waals surface area contributed by atoms with E-state index in [0.29, 0.717) is 6.54 Å². The van der Waals surface area contributed by atoms with Gasteiger partial charge in [0.1, 0.15) is 5.76 Å². The normalized spacial score (nSPS) is 10.4. The van der Waals surface area contributed by atoms with Crippen LogP contribution < -0.4 is 5.73 Å². The Balaban J connectivity index is 2.39. The molecule has 1 aromatic heterocycles. The first-order valence-corrected chi connectivity index (χ1v) is 4.64. The maximum atomic E-state index is 5.51. The lowest BCUT2D eigenvalue weighted by Crippen LogP contribution is -1.92. The van der Waals surface area contributed by atoms with Crippen LogP contribution in [0.5, 0.6) is 0 Å². The van der Waals surface area contributed by atoms with Crippen molar-refractivity contribution in [3.8, 4) is 11.3 Å². The minimum absolute atomic E-state index is 0.523. The first-order valence-electron chi connectivity index (χ1n) is 4.64. The summed E-state index contributed by atoms with van der Waals surface area (Å²) in [5, 5.41) is 0. The number of hydrogen-bond donors (Lipinski definition) is 1. The van der Waals surface area contributed by atoms with Crippen LogP contribution in [-0.4, -0.2) is 0 Å². The van der Waals surface area contributed by atoms with Gasteiger partial charge in [-0.2, -0.15) is 0 Å². The number of aryl methyl sites for hydroxylation is 1. The molecule has 14 heavy (non-hydrogen) atoms. The van der Waals surface area contributed by atoms with Crippen molar-refractivity contribution < 1.29 is 4.42 Å². The van der Waals surface area contributed by atoms with Crippen molar-refractivity contribution in [3.05, 3.63) is 47.7 Å². The summed E-state index contributed by atoms with van der Waals surface area (Å²) in [5.74, 6) is 0.883. The monoisotopic (exact) mass is 187 g/mol. The molecule has 0 aliphatic rings. The van der Waals surface area contributed by atoms with Gasteiger partial charge in [0, 0.05) is 17.7 Å². The van der Waals surface area contributed by atoms with Crippen LogP contribution in [-0.2, 0) is 6.54 Å². The van der Waals surface area contributed by atoms with Gasteiger partial charge in [-0.3, -0.25) is 0 Å². The minimum atomic E-state index is 0.523. The molecule has 0 saturated carbocycles. The molecule has 0 aliphatic heterocycles. The molecular weight excluding hydrogens is 174 g/mol. The maximum absolute atomic E-state index is 5.51. The largest absolute Gasteiger partial charge is 0.464 e. The summed E-state index contributed by atoms with van der Waals surface area (Å²) in [4.78, 5) is 0. The average molecular weight is 187 g/mol. The second kappa shape index (κ2) is 3.68. The Labute approximate surface area is 83.4 Å². The van der Waals surface area contributed by atoms with E-state index in [-0.39, 0.29) is 0 Å². The fourth-order valence-electron chi connectivity index (χ4n) is 1.43. The van der Waals surface area contributed by atoms with Crippen LogP contribution >= 0.6 is 0 Å². The highest BCUT2D eigenvalue weighted by molar-refractivity contribution is 5.58. The van der Waals surface area contributed by atoms with Crippen molar-refractivity contribution in [2.24, 2.45) is 5.73 Å². The zero-order chi connectivity index (χ0) is 9.97. The van der Waals surface area contributed by atoms with Gasteiger partial charge in [0.05, 0.1) is 6.26 Å². The fraction of sp³-hybridized carbons (Fsp3) is 0.167. The van der Waals surface area contributed by atoms with Gasteiger partial charge in [0.15, 0.2) is 0 Å². The minimum Gasteiger partial charge on any atom is -0.464 e. The van der Waals surface area contributed by atoms with E-state index in [1.165, 1.54) is 5.56 Å². The molecule has 0 spiro atoms. The first-order chi connectivity index (χ1) is 6.79. The number of rotatable bonds is 2. The topological polar surface area (TPSA) is 39.2 Å². The molecule has 0 saturated heterocycles. The summed E-state index contributed by atoms with van der Waals surface area (Å²) >= 11 is 0. The lowest BCUT2D eigenvalue weighted by Gasteiger charge is -1.97. The van der Waals surface area contributed by atoms with E-state index in [4.69, 9.17) is 10.2 Å². The Morgan fingerprint density at radius 1 is 1.29 bits per heavy atom. The number of hydrogen-bond acceptors (Lipinski definition) is 2. The van der Waals surface area contributed by atoms with E-state index in [0.717, 1.165) is 16.9 Å². The summed E-state index contributed by atoms with van der Waals surface area (Å²) in [5.41, 5.74) is 8.87. The predicted octanol–water partition coefficient (Wildman–Crippen LogP) is 2.71. The third-order valence-electron chi connectivity index (χ3n) is 2.19. The molecule has 2 N–H and O–H groups in total. The predicted molar refractivity (Wildman–Crippen MR) is 56.8 cm³/mol. The maximum Gasteiger partial charge on any atom is 0.134 e. The number of nitrogens with two attached hydrogens (primary N) is 1. The summed E-state index contributed by atoms with van der Waals surface area (Å²) in [7, 11) is 0. The van der Waals surface area contributed by atoms with Gasteiger partial charge in [0.25, 0.3) is 0 Å². The second-order valence-corrected chi connectivity index (χ2v) is 3.39. The molecule has 2 aromatic rings. The number of furan rings is 1. The lowest BCUT2D eigenvalue weighted by molar-refractivity contribution is 0.578. The molecule has 2 nitrogen and oxygen atoms in total. The molecule has 1 heterocycles. The van der Waals surface area contributed by atoms with E-state index >= 15 is 0 Å². The Morgan fingerprint density at radius 2 is 2.14 bits per heavy atom. The molecule has 1 aromatic carbocycles. The standard InChI is InChI=1S/C12H13NO/c1-9-3-2-4-11(5-9)12-6-10(7-13)8-14-12/h2-6,8H,7,13H2,1H3. The van der Waals surface area contributed by atoms with Crippen LogP contribution in [0.3, 0.4) is 0 Å². The quantitative estimate of drug-likeness (QED) is 0.785. The fourth-order valence-corrected chi connectivity index (χ4v) is 1.43. The Hall–Kier alpha value is -1.54. The highest BCUT2D eigenvalue weighted by Gasteiger charge is 2.02. The third kappa shape index (κ3) is 1.70. The van der Waals surface area contributed by atoms with Gasteiger partial charge in [0.2, 0.25) is 0 Å². The van der Waals surface area contributed by atoms with Crippen LogP contribution in [0.1, 0.15) is 11.1 Å². The molecule has 0 fully saturated rings. The average Bonchev–Trinajstić information content (AvgIpc) is 2.66. The van der Waals surface area contributed by atoms with E-state index in [1.807, 2.05) is 18.2 Å². The molecule has 0 unspecified atom stereocenters. The van der Waals surface area contributed by atoms with Crippen molar-refractivity contribution in [2.75, 3.05) is 0 Å². The Bertz CT molecular complexity index is 431. The first kappa shape index (κ1) is 9.03. The SMILES string of the molecule is Cc1cccc(-c2cc(CN)co2)c1. The van der Waals surface area contributed by atoms with Gasteiger partial charge < -0.3 is 10.2 Å². The van der Waals surface area contributed by atoms with Crippen molar-refractivity contribution >= 4 is 0 Å². The molecule has 0 amide bonds. The molecule has 2 heteroatoms. The van der Waals surface area contributed by atoms with Gasteiger partial charge in [-0.25, -0.2) is 0 Å². The van der Waals surface area contributed by atoms with Gasteiger partial charge >= 0.3 is 0 Å². The van der Waals surface area contributed by atoms with E-state index in [1.54, 1.807) is 6.26 Å². The van der Waals surface area contributed by atoms with Crippen LogP contribution in [0.25, 0.3) is 11.3 Å². The summed E-state index contributed by atoms with van der Waals surface area (Å²) in [6, 6.07) is 10.2. The molecule has 0 atom stereocenters. The molecule has 72 valence electrons. The van der Waals surface area contributed by atoms with Crippen LogP contribution in [0.4, 0.5) is 0 Å². The second-order valence-electron chi connectivity index (χ2n) is 3.39. The summed E-state index contributed by atoms with van der Waals surface area (Å²) in [6.07, 6.45) is 1.71.